The molecule has 0 saturated heterocycles. The minimum atomic E-state index is -1.25. The van der Waals surface area contributed by atoms with E-state index in [1.807, 2.05) is 6.07 Å². The number of carbonyl (C=O) groups excluding carboxylic acids is 2. The molecule has 25 heavy (non-hydrogen) atoms. The van der Waals surface area contributed by atoms with Gasteiger partial charge in [0.2, 0.25) is 5.91 Å². The van der Waals surface area contributed by atoms with Crippen molar-refractivity contribution in [3.63, 3.8) is 0 Å². The summed E-state index contributed by atoms with van der Waals surface area (Å²) in [6.07, 6.45) is -1.06. The predicted molar refractivity (Wildman–Crippen MR) is 86.3 cm³/mol. The Morgan fingerprint density at radius 1 is 1.12 bits per heavy atom. The Bertz CT molecular complexity index is 578. The van der Waals surface area contributed by atoms with E-state index in [4.69, 9.17) is 20.7 Å². The number of alkyl carbamates (subject to hydrolysis) is 1. The molecular weight excluding hydrogens is 334 g/mol. The van der Waals surface area contributed by atoms with Crippen LogP contribution in [0.1, 0.15) is 18.4 Å². The summed E-state index contributed by atoms with van der Waals surface area (Å²) in [6, 6.07) is 7.76. The molecule has 1 aromatic carbocycles. The van der Waals surface area contributed by atoms with Crippen LogP contribution in [0.25, 0.3) is 0 Å². The lowest BCUT2D eigenvalue weighted by Gasteiger charge is -2.13. The van der Waals surface area contributed by atoms with Gasteiger partial charge in [-0.3, -0.25) is 9.59 Å². The van der Waals surface area contributed by atoms with Gasteiger partial charge in [0.25, 0.3) is 0 Å². The fourth-order valence-electron chi connectivity index (χ4n) is 1.45. The van der Waals surface area contributed by atoms with E-state index in [2.05, 4.69) is 11.1 Å². The zero-order valence-electron chi connectivity index (χ0n) is 13.4. The van der Waals surface area contributed by atoms with Gasteiger partial charge in [0, 0.05) is 6.42 Å². The van der Waals surface area contributed by atoms with E-state index in [1.165, 1.54) is 0 Å². The molecule has 0 fully saturated rings. The van der Waals surface area contributed by atoms with Crippen molar-refractivity contribution in [3.8, 4) is 0 Å². The Hall–Kier alpha value is -3.14. The van der Waals surface area contributed by atoms with E-state index in [0.717, 1.165) is 5.56 Å². The van der Waals surface area contributed by atoms with E-state index in [-0.39, 0.29) is 26.0 Å². The number of ether oxygens (including phenoxy) is 1. The fraction of sp³-hybridized carbons (Fsp3) is 0.333. The Morgan fingerprint density at radius 3 is 2.12 bits per heavy atom. The average molecular weight is 355 g/mol. The third-order valence-corrected chi connectivity index (χ3v) is 2.66. The molecule has 2 amide bonds. The number of carbonyl (C=O) groups is 4. The molecule has 0 spiro atoms. The molecule has 1 atom stereocenters. The third kappa shape index (κ3) is 12.0. The Kier molecular flexibility index (Phi) is 10.8. The molecule has 0 aliphatic heterocycles. The fourth-order valence-corrected chi connectivity index (χ4v) is 1.45. The van der Waals surface area contributed by atoms with Crippen LogP contribution < -0.4 is 16.8 Å². The molecule has 0 heterocycles. The third-order valence-electron chi connectivity index (χ3n) is 2.66. The van der Waals surface area contributed by atoms with Crippen LogP contribution in [0, 0.1) is 0 Å². The standard InChI is InChI=1S/C13H16N2O5.C2H5NO2/c14-11(16)7-6-10(12(17)18)15-13(19)20-8-9-4-2-1-3-5-9;3-1-2(4)5/h1-5,10H,6-8H2,(H2,14,16)(H,15,19)(H,17,18);1,3H2,(H,4,5)/t10-;/m0./s1. The van der Waals surface area contributed by atoms with E-state index >= 15 is 0 Å². The van der Waals surface area contributed by atoms with Crippen LogP contribution >= 0.6 is 0 Å². The van der Waals surface area contributed by atoms with Crippen LogP contribution in [0.15, 0.2) is 30.3 Å². The van der Waals surface area contributed by atoms with Crippen LogP contribution in [0.3, 0.4) is 0 Å². The summed E-state index contributed by atoms with van der Waals surface area (Å²) in [5.41, 5.74) is 10.3. The highest BCUT2D eigenvalue weighted by Gasteiger charge is 2.21. The van der Waals surface area contributed by atoms with E-state index in [0.29, 0.717) is 0 Å². The van der Waals surface area contributed by atoms with Crippen LogP contribution in [0.2, 0.25) is 0 Å². The lowest BCUT2D eigenvalue weighted by molar-refractivity contribution is -0.139. The first kappa shape index (κ1) is 21.9. The number of rotatable bonds is 8. The van der Waals surface area contributed by atoms with Crippen molar-refractivity contribution in [2.45, 2.75) is 25.5 Å². The zero-order valence-corrected chi connectivity index (χ0v) is 13.4. The predicted octanol–water partition coefficient (Wildman–Crippen LogP) is -0.339. The molecule has 7 N–H and O–H groups in total. The number of benzene rings is 1. The zero-order chi connectivity index (χ0) is 19.2. The number of primary amides is 1. The number of hydrogen-bond acceptors (Lipinski definition) is 6. The van der Waals surface area contributed by atoms with Gasteiger partial charge < -0.3 is 31.7 Å². The van der Waals surface area contributed by atoms with Gasteiger partial charge in [0.05, 0.1) is 6.54 Å². The summed E-state index contributed by atoms with van der Waals surface area (Å²) >= 11 is 0. The first-order valence-corrected chi connectivity index (χ1v) is 7.16. The van der Waals surface area contributed by atoms with Gasteiger partial charge in [0.15, 0.2) is 0 Å². The molecule has 0 aromatic heterocycles. The quantitative estimate of drug-likeness (QED) is 0.419. The summed E-state index contributed by atoms with van der Waals surface area (Å²) in [7, 11) is 0. The van der Waals surface area contributed by atoms with Crippen molar-refractivity contribution >= 4 is 23.9 Å². The number of carboxylic acid groups (broad SMARTS) is 2. The maximum Gasteiger partial charge on any atom is 0.408 e. The number of carboxylic acids is 2. The maximum absolute atomic E-state index is 11.5. The Balaban J connectivity index is 0.00000101. The molecule has 138 valence electrons. The highest BCUT2D eigenvalue weighted by Crippen LogP contribution is 2.02. The van der Waals surface area contributed by atoms with Crippen LogP contribution in [-0.4, -0.2) is 46.7 Å². The SMILES string of the molecule is NC(=O)CC[C@H](NC(=O)OCc1ccccc1)C(=O)O.NCC(=O)O. The minimum absolute atomic E-state index is 0.0365. The highest BCUT2D eigenvalue weighted by molar-refractivity contribution is 5.81. The summed E-state index contributed by atoms with van der Waals surface area (Å²) in [5.74, 6) is -2.84. The second-order valence-corrected chi connectivity index (χ2v) is 4.70. The molecule has 1 aromatic rings. The second-order valence-electron chi connectivity index (χ2n) is 4.70. The molecule has 10 heteroatoms. The number of hydrogen-bond donors (Lipinski definition) is 5. The van der Waals surface area contributed by atoms with Crippen molar-refractivity contribution in [2.24, 2.45) is 11.5 Å². The van der Waals surface area contributed by atoms with Crippen LogP contribution in [0.4, 0.5) is 4.79 Å². The summed E-state index contributed by atoms with van der Waals surface area (Å²) in [4.78, 5) is 42.2. The first-order chi connectivity index (χ1) is 11.8. The minimum Gasteiger partial charge on any atom is -0.480 e. The molecule has 1 rings (SSSR count). The largest absolute Gasteiger partial charge is 0.480 e. The normalized spacial score (nSPS) is 10.6. The van der Waals surface area contributed by atoms with Crippen LogP contribution in [0.5, 0.6) is 0 Å². The van der Waals surface area contributed by atoms with E-state index < -0.39 is 30.0 Å². The first-order valence-electron chi connectivity index (χ1n) is 7.16. The van der Waals surface area contributed by atoms with Gasteiger partial charge in [-0.2, -0.15) is 0 Å². The Labute approximate surface area is 143 Å². The molecule has 0 aliphatic rings. The van der Waals surface area contributed by atoms with Crippen molar-refractivity contribution in [3.05, 3.63) is 35.9 Å². The molecule has 0 bridgehead atoms. The van der Waals surface area contributed by atoms with Crippen molar-refractivity contribution in [1.29, 1.82) is 0 Å². The monoisotopic (exact) mass is 355 g/mol. The Morgan fingerprint density at radius 2 is 1.68 bits per heavy atom. The van der Waals surface area contributed by atoms with Gasteiger partial charge >= 0.3 is 18.0 Å². The van der Waals surface area contributed by atoms with Gasteiger partial charge in [0.1, 0.15) is 12.6 Å². The maximum atomic E-state index is 11.5. The van der Waals surface area contributed by atoms with Crippen LogP contribution in [-0.2, 0) is 25.7 Å². The van der Waals surface area contributed by atoms with Crippen molar-refractivity contribution in [1.82, 2.24) is 5.32 Å². The molecule has 0 radical (unpaired) electrons. The molecule has 0 aliphatic carbocycles. The molecule has 10 nitrogen and oxygen atoms in total. The van der Waals surface area contributed by atoms with E-state index in [9.17, 15) is 19.2 Å². The van der Waals surface area contributed by atoms with E-state index in [1.54, 1.807) is 24.3 Å². The topological polar surface area (TPSA) is 182 Å². The van der Waals surface area contributed by atoms with Crippen molar-refractivity contribution in [2.75, 3.05) is 6.54 Å². The van der Waals surface area contributed by atoms with Gasteiger partial charge in [-0.05, 0) is 12.0 Å². The summed E-state index contributed by atoms with van der Waals surface area (Å²) in [5, 5.41) is 18.7. The lowest BCUT2D eigenvalue weighted by atomic mass is 10.1. The number of aliphatic carboxylic acids is 2. The molecule has 0 unspecified atom stereocenters. The summed E-state index contributed by atoms with van der Waals surface area (Å²) in [6.45, 7) is -0.241. The van der Waals surface area contributed by atoms with Gasteiger partial charge in [-0.15, -0.1) is 0 Å². The highest BCUT2D eigenvalue weighted by atomic mass is 16.5. The number of amides is 2. The smallest absolute Gasteiger partial charge is 0.408 e. The van der Waals surface area contributed by atoms with Gasteiger partial charge in [-0.1, -0.05) is 30.3 Å². The molecule has 0 saturated carbocycles. The molecular formula is C15H21N3O7. The lowest BCUT2D eigenvalue weighted by Crippen LogP contribution is -2.41. The average Bonchev–Trinajstić information content (AvgIpc) is 2.57. The summed E-state index contributed by atoms with van der Waals surface area (Å²) < 4.78 is 4.89. The van der Waals surface area contributed by atoms with Gasteiger partial charge in [-0.25, -0.2) is 9.59 Å². The number of nitrogens with one attached hydrogen (secondary N) is 1. The van der Waals surface area contributed by atoms with Crippen molar-refractivity contribution < 1.29 is 34.1 Å². The second kappa shape index (κ2) is 12.3. The number of nitrogens with two attached hydrogens (primary N) is 2.